The van der Waals surface area contributed by atoms with Gasteiger partial charge >= 0.3 is 6.05 Å². The van der Waals surface area contributed by atoms with Gasteiger partial charge < -0.3 is 4.74 Å². The number of nitro groups is 1. The summed E-state index contributed by atoms with van der Waals surface area (Å²) in [6, 6.07) is -4.52. The molecule has 0 fully saturated rings. The Hall–Kier alpha value is -0.490. The van der Waals surface area contributed by atoms with Crippen LogP contribution in [0.15, 0.2) is 0 Å². The molecule has 60 valence electrons. The first-order valence-corrected chi connectivity index (χ1v) is 2.70. The summed E-state index contributed by atoms with van der Waals surface area (Å²) in [7, 11) is 0. The summed E-state index contributed by atoms with van der Waals surface area (Å²) in [5.74, 6) is 0. The van der Waals surface area contributed by atoms with Crippen LogP contribution >= 0.6 is 11.6 Å². The summed E-state index contributed by atoms with van der Waals surface area (Å²) >= 11 is 4.83. The number of ether oxygens (including phenoxy) is 1. The van der Waals surface area contributed by atoms with Crippen molar-refractivity contribution in [2.75, 3.05) is 12.7 Å². The summed E-state index contributed by atoms with van der Waals surface area (Å²) in [5, 5.41) is 9.46. The predicted octanol–water partition coefficient (Wildman–Crippen LogP) is 1.07. The first-order valence-electron chi connectivity index (χ1n) is 2.16. The van der Waals surface area contributed by atoms with E-state index < -0.39 is 23.6 Å². The quantitative estimate of drug-likeness (QED) is 0.278. The minimum atomic E-state index is -4.03. The van der Waals surface area contributed by atoms with E-state index in [1.165, 1.54) is 0 Å². The van der Waals surface area contributed by atoms with E-state index in [4.69, 9.17) is 11.6 Å². The molecule has 7 heteroatoms. The van der Waals surface area contributed by atoms with Gasteiger partial charge in [-0.25, -0.2) is 0 Å². The van der Waals surface area contributed by atoms with Crippen LogP contribution in [0.3, 0.4) is 0 Å². The molecule has 0 spiro atoms. The molecule has 0 unspecified atom stereocenters. The average molecular weight is 176 g/mol. The van der Waals surface area contributed by atoms with Gasteiger partial charge in [-0.15, -0.1) is 8.78 Å². The highest BCUT2D eigenvalue weighted by Crippen LogP contribution is 2.13. The fraction of sp³-hybridized carbons (Fsp3) is 1.00. The predicted molar refractivity (Wildman–Crippen MR) is 28.6 cm³/mol. The molecule has 0 aliphatic rings. The first-order chi connectivity index (χ1) is 4.50. The van der Waals surface area contributed by atoms with Crippen molar-refractivity contribution in [2.45, 2.75) is 6.05 Å². The van der Waals surface area contributed by atoms with Crippen LogP contribution in [0.5, 0.6) is 0 Å². The minimum absolute atomic E-state index is 0.483. The van der Waals surface area contributed by atoms with Crippen molar-refractivity contribution in [3.05, 3.63) is 10.1 Å². The lowest BCUT2D eigenvalue weighted by atomic mass is 10.6. The lowest BCUT2D eigenvalue weighted by Gasteiger charge is -2.04. The zero-order valence-corrected chi connectivity index (χ0v) is 5.48. The van der Waals surface area contributed by atoms with Crippen molar-refractivity contribution in [1.29, 1.82) is 0 Å². The molecular weight excluding hydrogens is 171 g/mol. The minimum Gasteiger partial charge on any atom is -0.351 e. The van der Waals surface area contributed by atoms with Crippen LogP contribution in [-0.4, -0.2) is 23.6 Å². The van der Waals surface area contributed by atoms with E-state index in [9.17, 15) is 18.9 Å². The van der Waals surface area contributed by atoms with Crippen molar-refractivity contribution >= 4 is 11.6 Å². The molecule has 4 nitrogen and oxygen atoms in total. The normalized spacial score (nSPS) is 11.5. The highest BCUT2D eigenvalue weighted by atomic mass is 35.5. The molecule has 0 saturated heterocycles. The van der Waals surface area contributed by atoms with Crippen LogP contribution in [0.2, 0.25) is 0 Å². The summed E-state index contributed by atoms with van der Waals surface area (Å²) in [5.41, 5.74) is 0. The maximum atomic E-state index is 11.9. The molecule has 0 aliphatic heterocycles. The molecule has 0 aromatic heterocycles. The van der Waals surface area contributed by atoms with Crippen molar-refractivity contribution < 1.29 is 18.4 Å². The fourth-order valence-electron chi connectivity index (χ4n) is 0.214. The molecular formula is C3H4ClF2NO3. The average Bonchev–Trinajstić information content (AvgIpc) is 1.84. The molecule has 0 aromatic carbocycles. The topological polar surface area (TPSA) is 52.4 Å². The molecule has 0 saturated carbocycles. The van der Waals surface area contributed by atoms with Gasteiger partial charge in [0.25, 0.3) is 0 Å². The Kier molecular flexibility index (Phi) is 3.45. The monoisotopic (exact) mass is 175 g/mol. The van der Waals surface area contributed by atoms with E-state index in [0.29, 0.717) is 0 Å². The second kappa shape index (κ2) is 3.62. The van der Waals surface area contributed by atoms with Crippen molar-refractivity contribution in [1.82, 2.24) is 0 Å². The van der Waals surface area contributed by atoms with E-state index in [-0.39, 0.29) is 0 Å². The molecule has 0 bridgehead atoms. The molecule has 10 heavy (non-hydrogen) atoms. The Morgan fingerprint density at radius 3 is 2.50 bits per heavy atom. The van der Waals surface area contributed by atoms with Gasteiger partial charge in [0.05, 0.1) is 4.92 Å². The zero-order valence-electron chi connectivity index (χ0n) is 4.72. The third-order valence-corrected chi connectivity index (χ3v) is 0.774. The molecule has 0 radical (unpaired) electrons. The molecule has 0 rings (SSSR count). The van der Waals surface area contributed by atoms with Crippen LogP contribution < -0.4 is 0 Å². The van der Waals surface area contributed by atoms with Crippen molar-refractivity contribution in [3.63, 3.8) is 0 Å². The molecule has 0 aliphatic carbocycles. The number of nitrogens with zero attached hydrogens (tertiary/aromatic N) is 1. The summed E-state index contributed by atoms with van der Waals surface area (Å²) in [6.07, 6.45) is 0. The van der Waals surface area contributed by atoms with Crippen molar-refractivity contribution in [2.24, 2.45) is 0 Å². The Morgan fingerprint density at radius 2 is 2.20 bits per heavy atom. The largest absolute Gasteiger partial charge is 0.534 e. The van der Waals surface area contributed by atoms with E-state index in [0.717, 1.165) is 0 Å². The van der Waals surface area contributed by atoms with Crippen LogP contribution in [0.25, 0.3) is 0 Å². The van der Waals surface area contributed by atoms with Gasteiger partial charge in [-0.3, -0.25) is 10.1 Å². The second-order valence-corrected chi connectivity index (χ2v) is 1.60. The third kappa shape index (κ3) is 2.88. The van der Waals surface area contributed by atoms with Crippen LogP contribution in [0.4, 0.5) is 8.78 Å². The van der Waals surface area contributed by atoms with Crippen molar-refractivity contribution in [3.8, 4) is 0 Å². The van der Waals surface area contributed by atoms with Gasteiger partial charge in [0.1, 0.15) is 6.07 Å². The smallest absolute Gasteiger partial charge is 0.351 e. The fourth-order valence-corrected chi connectivity index (χ4v) is 0.291. The van der Waals surface area contributed by atoms with Gasteiger partial charge in [0.2, 0.25) is 0 Å². The second-order valence-electron chi connectivity index (χ2n) is 1.38. The Bertz CT molecular complexity index is 131. The van der Waals surface area contributed by atoms with Crippen LogP contribution in [-0.2, 0) is 4.74 Å². The standard InChI is InChI=1S/C3H4ClF2NO3/c4-2-10-1-3(5,6)7(8)9/h1-2H2. The van der Waals surface area contributed by atoms with Gasteiger partial charge in [-0.1, -0.05) is 11.6 Å². The Morgan fingerprint density at radius 1 is 1.70 bits per heavy atom. The SMILES string of the molecule is O=[N+]([O-])C(F)(F)COCCl. The Labute approximate surface area is 59.9 Å². The highest BCUT2D eigenvalue weighted by Gasteiger charge is 2.43. The van der Waals surface area contributed by atoms with Crippen LogP contribution in [0, 0.1) is 10.1 Å². The van der Waals surface area contributed by atoms with Gasteiger partial charge in [-0.05, 0) is 0 Å². The zero-order chi connectivity index (χ0) is 8.20. The number of alkyl halides is 3. The lowest BCUT2D eigenvalue weighted by Crippen LogP contribution is -2.32. The van der Waals surface area contributed by atoms with Gasteiger partial charge in [0.15, 0.2) is 6.61 Å². The molecule has 0 atom stereocenters. The van der Waals surface area contributed by atoms with E-state index in [2.05, 4.69) is 4.74 Å². The first kappa shape index (κ1) is 9.51. The summed E-state index contributed by atoms with van der Waals surface area (Å²) < 4.78 is 27.6. The van der Waals surface area contributed by atoms with E-state index >= 15 is 0 Å². The Balaban J connectivity index is 3.75. The number of hydrogen-bond acceptors (Lipinski definition) is 3. The summed E-state index contributed by atoms with van der Waals surface area (Å²) in [6.45, 7) is -1.29. The number of halogens is 3. The summed E-state index contributed by atoms with van der Waals surface area (Å²) in [4.78, 5) is 7.74. The third-order valence-electron chi connectivity index (χ3n) is 0.620. The molecule has 0 heterocycles. The van der Waals surface area contributed by atoms with Crippen LogP contribution in [0.1, 0.15) is 0 Å². The molecule has 0 amide bonds. The molecule has 0 N–H and O–H groups in total. The number of hydrogen-bond donors (Lipinski definition) is 0. The molecule has 0 aromatic rings. The highest BCUT2D eigenvalue weighted by molar-refractivity contribution is 6.17. The number of rotatable bonds is 4. The van der Waals surface area contributed by atoms with Gasteiger partial charge in [-0.2, -0.15) is 0 Å². The van der Waals surface area contributed by atoms with E-state index in [1.807, 2.05) is 0 Å². The maximum absolute atomic E-state index is 11.9. The lowest BCUT2D eigenvalue weighted by molar-refractivity contribution is -0.647. The van der Waals surface area contributed by atoms with Gasteiger partial charge in [0, 0.05) is 0 Å². The van der Waals surface area contributed by atoms with E-state index in [1.54, 1.807) is 0 Å². The maximum Gasteiger partial charge on any atom is 0.534 e.